The van der Waals surface area contributed by atoms with Gasteiger partial charge >= 0.3 is 0 Å². The Labute approximate surface area is 150 Å². The molecule has 0 aromatic heterocycles. The Morgan fingerprint density at radius 2 is 1.72 bits per heavy atom. The highest BCUT2D eigenvalue weighted by molar-refractivity contribution is 5.97. The Bertz CT molecular complexity index is 571. The topological polar surface area (TPSA) is 49.4 Å². The summed E-state index contributed by atoms with van der Waals surface area (Å²) in [6, 6.07) is 5.14. The van der Waals surface area contributed by atoms with Crippen LogP contribution in [-0.2, 0) is 4.79 Å². The molecule has 1 rings (SSSR count). The number of amides is 2. The lowest BCUT2D eigenvalue weighted by Gasteiger charge is -2.31. The molecule has 1 atom stereocenters. The Balaban J connectivity index is 2.92. The summed E-state index contributed by atoms with van der Waals surface area (Å²) in [4.78, 5) is 27.2. The van der Waals surface area contributed by atoms with Gasteiger partial charge in [-0.1, -0.05) is 52.7 Å². The van der Waals surface area contributed by atoms with Crippen LogP contribution in [0.4, 0.5) is 4.39 Å². The first-order valence-electron chi connectivity index (χ1n) is 9.19. The fourth-order valence-electron chi connectivity index (χ4n) is 2.81. The highest BCUT2D eigenvalue weighted by Crippen LogP contribution is 2.14. The maximum absolute atomic E-state index is 13.8. The molecule has 0 aliphatic heterocycles. The summed E-state index contributed by atoms with van der Waals surface area (Å²) < 4.78 is 13.8. The molecule has 25 heavy (non-hydrogen) atoms. The van der Waals surface area contributed by atoms with Crippen LogP contribution in [0.2, 0.25) is 0 Å². The first-order chi connectivity index (χ1) is 11.8. The van der Waals surface area contributed by atoms with Gasteiger partial charge in [-0.2, -0.15) is 0 Å². The van der Waals surface area contributed by atoms with Crippen LogP contribution in [0.25, 0.3) is 0 Å². The molecular formula is C20H31FN2O2. The molecule has 4 nitrogen and oxygen atoms in total. The van der Waals surface area contributed by atoms with Crippen LogP contribution >= 0.6 is 0 Å². The van der Waals surface area contributed by atoms with Crippen LogP contribution in [0.5, 0.6) is 0 Å². The summed E-state index contributed by atoms with van der Waals surface area (Å²) in [5.74, 6) is -0.880. The highest BCUT2D eigenvalue weighted by Gasteiger charge is 2.29. The van der Waals surface area contributed by atoms with Crippen LogP contribution in [-0.4, -0.2) is 35.8 Å². The number of nitrogens with zero attached hydrogens (tertiary/aromatic N) is 1. The van der Waals surface area contributed by atoms with E-state index in [1.165, 1.54) is 18.2 Å². The van der Waals surface area contributed by atoms with E-state index in [1.54, 1.807) is 11.0 Å². The van der Waals surface area contributed by atoms with Crippen molar-refractivity contribution in [2.24, 2.45) is 11.8 Å². The van der Waals surface area contributed by atoms with Crippen molar-refractivity contribution >= 4 is 11.8 Å². The van der Waals surface area contributed by atoms with E-state index in [0.717, 1.165) is 12.8 Å². The van der Waals surface area contributed by atoms with Gasteiger partial charge in [-0.25, -0.2) is 4.39 Å². The van der Waals surface area contributed by atoms with Gasteiger partial charge < -0.3 is 10.2 Å². The molecule has 0 heterocycles. The zero-order valence-electron chi connectivity index (χ0n) is 16.0. The predicted octanol–water partition coefficient (Wildman–Crippen LogP) is 3.86. The van der Waals surface area contributed by atoms with Crippen molar-refractivity contribution in [1.82, 2.24) is 10.2 Å². The number of hydrogen-bond acceptors (Lipinski definition) is 2. The Morgan fingerprint density at radius 3 is 2.20 bits per heavy atom. The zero-order chi connectivity index (χ0) is 19.0. The number of rotatable bonds is 9. The van der Waals surface area contributed by atoms with Crippen molar-refractivity contribution < 1.29 is 14.0 Å². The molecule has 0 bridgehead atoms. The maximum atomic E-state index is 13.8. The van der Waals surface area contributed by atoms with Crippen LogP contribution in [0.15, 0.2) is 24.3 Å². The summed E-state index contributed by atoms with van der Waals surface area (Å²) in [6.45, 7) is 11.2. The fraction of sp³-hybridized carbons (Fsp3) is 0.600. The van der Waals surface area contributed by atoms with Crippen molar-refractivity contribution in [3.63, 3.8) is 0 Å². The van der Waals surface area contributed by atoms with Crippen LogP contribution in [0, 0.1) is 17.7 Å². The number of hydrogen-bond donors (Lipinski definition) is 1. The molecule has 0 aliphatic carbocycles. The second-order valence-corrected chi connectivity index (χ2v) is 6.73. The van der Waals surface area contributed by atoms with Gasteiger partial charge in [0, 0.05) is 13.1 Å². The summed E-state index contributed by atoms with van der Waals surface area (Å²) in [5.41, 5.74) is -0.0380. The molecule has 1 unspecified atom stereocenters. The quantitative estimate of drug-likeness (QED) is 0.735. The van der Waals surface area contributed by atoms with E-state index in [0.29, 0.717) is 19.0 Å². The predicted molar refractivity (Wildman–Crippen MR) is 98.8 cm³/mol. The standard InChI is InChI=1S/C20H31FN2O2/c1-6-15(7-2)13-23(8-3)20(25)18(14(4)5)22-19(24)16-11-9-10-12-17(16)21/h9-12,14-15,18H,6-8,13H2,1-5H3,(H,22,24). The summed E-state index contributed by atoms with van der Waals surface area (Å²) in [6.07, 6.45) is 2.02. The third-order valence-corrected chi connectivity index (χ3v) is 4.66. The molecule has 0 radical (unpaired) electrons. The summed E-state index contributed by atoms with van der Waals surface area (Å²) in [5, 5.41) is 2.73. The fourth-order valence-corrected chi connectivity index (χ4v) is 2.81. The molecule has 1 aromatic rings. The molecule has 0 saturated carbocycles. The Morgan fingerprint density at radius 1 is 1.12 bits per heavy atom. The summed E-state index contributed by atoms with van der Waals surface area (Å²) in [7, 11) is 0. The Kier molecular flexibility index (Phi) is 8.59. The minimum Gasteiger partial charge on any atom is -0.341 e. The van der Waals surface area contributed by atoms with Gasteiger partial charge in [-0.05, 0) is 30.9 Å². The smallest absolute Gasteiger partial charge is 0.254 e. The average Bonchev–Trinajstić information content (AvgIpc) is 2.60. The largest absolute Gasteiger partial charge is 0.341 e. The molecular weight excluding hydrogens is 319 g/mol. The SMILES string of the molecule is CCC(CC)CN(CC)C(=O)C(NC(=O)c1ccccc1F)C(C)C. The number of nitrogens with one attached hydrogen (secondary N) is 1. The highest BCUT2D eigenvalue weighted by atomic mass is 19.1. The molecule has 5 heteroatoms. The minimum absolute atomic E-state index is 0.0380. The zero-order valence-corrected chi connectivity index (χ0v) is 16.0. The minimum atomic E-state index is -0.665. The second kappa shape index (κ2) is 10.2. The van der Waals surface area contributed by atoms with E-state index in [9.17, 15) is 14.0 Å². The van der Waals surface area contributed by atoms with Crippen molar-refractivity contribution in [1.29, 1.82) is 0 Å². The van der Waals surface area contributed by atoms with Crippen molar-refractivity contribution in [2.75, 3.05) is 13.1 Å². The normalized spacial score (nSPS) is 12.3. The summed E-state index contributed by atoms with van der Waals surface area (Å²) >= 11 is 0. The van der Waals surface area contributed by atoms with Gasteiger partial charge in [-0.3, -0.25) is 9.59 Å². The first kappa shape index (κ1) is 21.1. The van der Waals surface area contributed by atoms with Gasteiger partial charge in [-0.15, -0.1) is 0 Å². The van der Waals surface area contributed by atoms with E-state index >= 15 is 0 Å². The first-order valence-corrected chi connectivity index (χ1v) is 9.19. The maximum Gasteiger partial charge on any atom is 0.254 e. The molecule has 140 valence electrons. The lowest BCUT2D eigenvalue weighted by molar-refractivity contribution is -0.134. The van der Waals surface area contributed by atoms with Crippen LogP contribution < -0.4 is 5.32 Å². The molecule has 1 N–H and O–H groups in total. The van der Waals surface area contributed by atoms with Gasteiger partial charge in [0.2, 0.25) is 5.91 Å². The molecule has 0 spiro atoms. The number of carbonyl (C=O) groups is 2. The number of halogens is 1. The van der Waals surface area contributed by atoms with E-state index < -0.39 is 17.8 Å². The van der Waals surface area contributed by atoms with Crippen LogP contribution in [0.1, 0.15) is 57.8 Å². The van der Waals surface area contributed by atoms with E-state index in [4.69, 9.17) is 0 Å². The number of carbonyl (C=O) groups excluding carboxylic acids is 2. The number of likely N-dealkylation sites (N-methyl/N-ethyl adjacent to an activating group) is 1. The van der Waals surface area contributed by atoms with E-state index in [1.807, 2.05) is 20.8 Å². The van der Waals surface area contributed by atoms with Gasteiger partial charge in [0.1, 0.15) is 11.9 Å². The van der Waals surface area contributed by atoms with Crippen LogP contribution in [0.3, 0.4) is 0 Å². The van der Waals surface area contributed by atoms with Crippen molar-refractivity contribution in [2.45, 2.75) is 53.5 Å². The molecule has 0 saturated heterocycles. The number of benzene rings is 1. The van der Waals surface area contributed by atoms with Crippen molar-refractivity contribution in [3.8, 4) is 0 Å². The third-order valence-electron chi connectivity index (χ3n) is 4.66. The molecule has 1 aromatic carbocycles. The Hall–Kier alpha value is -1.91. The van der Waals surface area contributed by atoms with E-state index in [-0.39, 0.29) is 17.4 Å². The van der Waals surface area contributed by atoms with Gasteiger partial charge in [0.25, 0.3) is 5.91 Å². The second-order valence-electron chi connectivity index (χ2n) is 6.73. The average molecular weight is 350 g/mol. The lowest BCUT2D eigenvalue weighted by atomic mass is 9.99. The lowest BCUT2D eigenvalue weighted by Crippen LogP contribution is -2.52. The van der Waals surface area contributed by atoms with Crippen molar-refractivity contribution in [3.05, 3.63) is 35.6 Å². The molecule has 2 amide bonds. The third kappa shape index (κ3) is 5.83. The van der Waals surface area contributed by atoms with Gasteiger partial charge in [0.05, 0.1) is 5.56 Å². The van der Waals surface area contributed by atoms with Gasteiger partial charge in [0.15, 0.2) is 0 Å². The molecule has 0 fully saturated rings. The van der Waals surface area contributed by atoms with E-state index in [2.05, 4.69) is 19.2 Å². The monoisotopic (exact) mass is 350 g/mol. The molecule has 0 aliphatic rings.